The molecule has 2 rings (SSSR count). The van der Waals surface area contributed by atoms with E-state index in [0.29, 0.717) is 6.61 Å². The first-order valence-electron chi connectivity index (χ1n) is 6.30. The second kappa shape index (κ2) is 5.85. The quantitative estimate of drug-likeness (QED) is 0.908. The average molecular weight is 259 g/mol. The lowest BCUT2D eigenvalue weighted by Gasteiger charge is -2.14. The molecule has 2 nitrogen and oxygen atoms in total. The van der Waals surface area contributed by atoms with Crippen LogP contribution >= 0.6 is 0 Å². The Morgan fingerprint density at radius 3 is 2.68 bits per heavy atom. The molecule has 0 saturated heterocycles. The molecular weight excluding hydrogens is 241 g/mol. The first-order valence-corrected chi connectivity index (χ1v) is 6.30. The van der Waals surface area contributed by atoms with E-state index in [2.05, 4.69) is 0 Å². The van der Waals surface area contributed by atoms with Gasteiger partial charge in [0.15, 0.2) is 0 Å². The van der Waals surface area contributed by atoms with Crippen molar-refractivity contribution >= 4 is 0 Å². The van der Waals surface area contributed by atoms with Crippen LogP contribution in [0.2, 0.25) is 0 Å². The number of aryl methyl sites for hydroxylation is 1. The summed E-state index contributed by atoms with van der Waals surface area (Å²) in [6.07, 6.45) is 0. The van der Waals surface area contributed by atoms with Gasteiger partial charge < -0.3 is 10.5 Å². The summed E-state index contributed by atoms with van der Waals surface area (Å²) >= 11 is 0. The number of ether oxygens (including phenoxy) is 1. The zero-order valence-corrected chi connectivity index (χ0v) is 11.2. The SMILES string of the molecule is Cc1ccc(F)cc1COc1ccccc1[C@@H](C)N. The minimum atomic E-state index is -0.246. The van der Waals surface area contributed by atoms with E-state index < -0.39 is 0 Å². The van der Waals surface area contributed by atoms with Gasteiger partial charge in [0.1, 0.15) is 18.2 Å². The van der Waals surface area contributed by atoms with E-state index >= 15 is 0 Å². The van der Waals surface area contributed by atoms with Crippen LogP contribution in [0.25, 0.3) is 0 Å². The molecule has 0 aromatic heterocycles. The van der Waals surface area contributed by atoms with Crippen LogP contribution in [0.1, 0.15) is 29.7 Å². The highest BCUT2D eigenvalue weighted by Crippen LogP contribution is 2.24. The van der Waals surface area contributed by atoms with Gasteiger partial charge in [-0.2, -0.15) is 0 Å². The summed E-state index contributed by atoms with van der Waals surface area (Å²) in [5.74, 6) is 0.505. The third-order valence-electron chi connectivity index (χ3n) is 3.10. The Hall–Kier alpha value is -1.87. The van der Waals surface area contributed by atoms with Gasteiger partial charge in [0.2, 0.25) is 0 Å². The second-order valence-electron chi connectivity index (χ2n) is 4.69. The van der Waals surface area contributed by atoms with E-state index in [1.165, 1.54) is 12.1 Å². The van der Waals surface area contributed by atoms with Crippen LogP contribution in [-0.4, -0.2) is 0 Å². The fourth-order valence-corrected chi connectivity index (χ4v) is 1.94. The number of halogens is 1. The molecule has 0 unspecified atom stereocenters. The Morgan fingerprint density at radius 2 is 1.95 bits per heavy atom. The van der Waals surface area contributed by atoms with Crippen molar-refractivity contribution in [2.75, 3.05) is 0 Å². The summed E-state index contributed by atoms with van der Waals surface area (Å²) in [5, 5.41) is 0. The first-order chi connectivity index (χ1) is 9.08. The molecule has 2 N–H and O–H groups in total. The normalized spacial score (nSPS) is 12.2. The number of nitrogens with two attached hydrogens (primary N) is 1. The van der Waals surface area contributed by atoms with E-state index in [1.807, 2.05) is 38.1 Å². The summed E-state index contributed by atoms with van der Waals surface area (Å²) in [5.41, 5.74) is 8.71. The number of benzene rings is 2. The highest BCUT2D eigenvalue weighted by atomic mass is 19.1. The molecule has 2 aromatic carbocycles. The van der Waals surface area contributed by atoms with Crippen molar-refractivity contribution in [2.45, 2.75) is 26.5 Å². The summed E-state index contributed by atoms with van der Waals surface area (Å²) in [7, 11) is 0. The molecule has 0 aliphatic rings. The van der Waals surface area contributed by atoms with E-state index in [4.69, 9.17) is 10.5 Å². The van der Waals surface area contributed by atoms with Crippen molar-refractivity contribution in [2.24, 2.45) is 5.73 Å². The predicted octanol–water partition coefficient (Wildman–Crippen LogP) is 3.73. The van der Waals surface area contributed by atoms with Crippen molar-refractivity contribution in [3.63, 3.8) is 0 Å². The molecule has 0 radical (unpaired) electrons. The third kappa shape index (κ3) is 3.32. The fraction of sp³-hybridized carbons (Fsp3) is 0.250. The van der Waals surface area contributed by atoms with Crippen LogP contribution in [0, 0.1) is 12.7 Å². The minimum absolute atomic E-state index is 0.0928. The van der Waals surface area contributed by atoms with E-state index in [-0.39, 0.29) is 11.9 Å². The molecule has 100 valence electrons. The zero-order valence-electron chi connectivity index (χ0n) is 11.2. The van der Waals surface area contributed by atoms with E-state index in [9.17, 15) is 4.39 Å². The summed E-state index contributed by atoms with van der Waals surface area (Å²) < 4.78 is 19.0. The van der Waals surface area contributed by atoms with Crippen LogP contribution in [0.15, 0.2) is 42.5 Å². The molecule has 0 heterocycles. The molecule has 0 spiro atoms. The molecule has 0 fully saturated rings. The molecule has 1 atom stereocenters. The number of para-hydroxylation sites is 1. The lowest BCUT2D eigenvalue weighted by Crippen LogP contribution is -2.08. The van der Waals surface area contributed by atoms with Gasteiger partial charge in [-0.25, -0.2) is 4.39 Å². The Morgan fingerprint density at radius 1 is 1.21 bits per heavy atom. The molecule has 0 amide bonds. The van der Waals surface area contributed by atoms with Crippen molar-refractivity contribution in [3.8, 4) is 5.75 Å². The van der Waals surface area contributed by atoms with E-state index in [0.717, 1.165) is 22.4 Å². The van der Waals surface area contributed by atoms with Crippen molar-refractivity contribution < 1.29 is 9.13 Å². The monoisotopic (exact) mass is 259 g/mol. The van der Waals surface area contributed by atoms with Crippen molar-refractivity contribution in [1.82, 2.24) is 0 Å². The van der Waals surface area contributed by atoms with Crippen LogP contribution in [0.4, 0.5) is 4.39 Å². The Labute approximate surface area is 113 Å². The van der Waals surface area contributed by atoms with Gasteiger partial charge in [-0.05, 0) is 43.2 Å². The molecule has 0 aliphatic heterocycles. The third-order valence-corrected chi connectivity index (χ3v) is 3.10. The maximum Gasteiger partial charge on any atom is 0.124 e. The van der Waals surface area contributed by atoms with Crippen LogP contribution in [0.5, 0.6) is 5.75 Å². The summed E-state index contributed by atoms with van der Waals surface area (Å²) in [4.78, 5) is 0. The summed E-state index contributed by atoms with van der Waals surface area (Å²) in [6.45, 7) is 4.19. The molecule has 0 aliphatic carbocycles. The van der Waals surface area contributed by atoms with Crippen molar-refractivity contribution in [1.29, 1.82) is 0 Å². The summed E-state index contributed by atoms with van der Waals surface area (Å²) in [6, 6.07) is 12.3. The first kappa shape index (κ1) is 13.6. The number of rotatable bonds is 4. The maximum absolute atomic E-state index is 13.2. The second-order valence-corrected chi connectivity index (χ2v) is 4.69. The van der Waals surface area contributed by atoms with Gasteiger partial charge >= 0.3 is 0 Å². The molecular formula is C16H18FNO. The topological polar surface area (TPSA) is 35.2 Å². The minimum Gasteiger partial charge on any atom is -0.489 e. The highest BCUT2D eigenvalue weighted by molar-refractivity contribution is 5.36. The average Bonchev–Trinajstić information content (AvgIpc) is 2.40. The Bertz CT molecular complexity index is 566. The van der Waals surface area contributed by atoms with Gasteiger partial charge in [-0.15, -0.1) is 0 Å². The van der Waals surface area contributed by atoms with E-state index in [1.54, 1.807) is 6.07 Å². The van der Waals surface area contributed by atoms with Gasteiger partial charge in [0.25, 0.3) is 0 Å². The molecule has 0 bridgehead atoms. The Balaban J connectivity index is 2.17. The predicted molar refractivity (Wildman–Crippen MR) is 74.5 cm³/mol. The smallest absolute Gasteiger partial charge is 0.124 e. The van der Waals surface area contributed by atoms with Gasteiger partial charge in [-0.3, -0.25) is 0 Å². The van der Waals surface area contributed by atoms with Gasteiger partial charge in [-0.1, -0.05) is 24.3 Å². The maximum atomic E-state index is 13.2. The molecule has 0 saturated carbocycles. The molecule has 19 heavy (non-hydrogen) atoms. The van der Waals surface area contributed by atoms with Crippen LogP contribution in [0.3, 0.4) is 0 Å². The van der Waals surface area contributed by atoms with Crippen LogP contribution in [-0.2, 0) is 6.61 Å². The molecule has 3 heteroatoms. The van der Waals surface area contributed by atoms with Gasteiger partial charge in [0.05, 0.1) is 0 Å². The number of hydrogen-bond acceptors (Lipinski definition) is 2. The van der Waals surface area contributed by atoms with Crippen molar-refractivity contribution in [3.05, 3.63) is 65.0 Å². The fourth-order valence-electron chi connectivity index (χ4n) is 1.94. The van der Waals surface area contributed by atoms with Gasteiger partial charge in [0, 0.05) is 11.6 Å². The largest absolute Gasteiger partial charge is 0.489 e. The lowest BCUT2D eigenvalue weighted by atomic mass is 10.1. The highest BCUT2D eigenvalue weighted by Gasteiger charge is 2.08. The molecule has 2 aromatic rings. The lowest BCUT2D eigenvalue weighted by molar-refractivity contribution is 0.300. The van der Waals surface area contributed by atoms with Crippen LogP contribution < -0.4 is 10.5 Å². The number of hydrogen-bond donors (Lipinski definition) is 1. The standard InChI is InChI=1S/C16H18FNO/c1-11-7-8-14(17)9-13(11)10-19-16-6-4-3-5-15(16)12(2)18/h3-9,12H,10,18H2,1-2H3/t12-/m1/s1. The zero-order chi connectivity index (χ0) is 13.8. The Kier molecular flexibility index (Phi) is 4.17.